The number of hydrogen-bond donors (Lipinski definition) is 2. The van der Waals surface area contributed by atoms with Crippen molar-refractivity contribution in [1.82, 2.24) is 0 Å². The summed E-state index contributed by atoms with van der Waals surface area (Å²) in [5, 5.41) is 7.05. The lowest BCUT2D eigenvalue weighted by Crippen LogP contribution is -2.19. The normalized spacial score (nSPS) is 10.1. The Kier molecular flexibility index (Phi) is 5.22. The number of anilines is 2. The molecule has 0 aliphatic heterocycles. The monoisotopic (exact) mass is 344 g/mol. The molecule has 0 aromatic heterocycles. The van der Waals surface area contributed by atoms with E-state index in [1.54, 1.807) is 24.3 Å². The predicted molar refractivity (Wildman–Crippen MR) is 89.3 cm³/mol. The minimum Gasteiger partial charge on any atom is -0.494 e. The molecule has 0 bridgehead atoms. The van der Waals surface area contributed by atoms with Gasteiger partial charge in [-0.3, -0.25) is 0 Å². The Balaban J connectivity index is 2.06. The van der Waals surface area contributed by atoms with Gasteiger partial charge in [0.2, 0.25) is 0 Å². The van der Waals surface area contributed by atoms with Gasteiger partial charge in [0.05, 0.1) is 7.11 Å². The van der Waals surface area contributed by atoms with Crippen LogP contribution in [0.15, 0.2) is 36.4 Å². The molecule has 0 amide bonds. The van der Waals surface area contributed by atoms with Crippen molar-refractivity contribution in [3.05, 3.63) is 52.3 Å². The summed E-state index contributed by atoms with van der Waals surface area (Å²) >= 11 is 16.9. The molecule has 0 heterocycles. The van der Waals surface area contributed by atoms with E-state index in [4.69, 9.17) is 40.2 Å². The Morgan fingerprint density at radius 3 is 2.24 bits per heavy atom. The van der Waals surface area contributed by atoms with E-state index in [9.17, 15) is 4.39 Å². The zero-order valence-electron chi connectivity index (χ0n) is 10.9. The van der Waals surface area contributed by atoms with Crippen molar-refractivity contribution in [2.45, 2.75) is 0 Å². The SMILES string of the molecule is COc1ccc(NC(=S)Nc2cc(Cl)cc(Cl)c2)cc1F. The van der Waals surface area contributed by atoms with E-state index in [1.807, 2.05) is 0 Å². The number of benzene rings is 2. The van der Waals surface area contributed by atoms with Crippen molar-refractivity contribution in [1.29, 1.82) is 0 Å². The molecule has 0 saturated heterocycles. The van der Waals surface area contributed by atoms with Crippen molar-refractivity contribution >= 4 is 51.9 Å². The molecule has 7 heteroatoms. The fourth-order valence-electron chi connectivity index (χ4n) is 1.66. The Bertz CT molecular complexity index is 662. The quantitative estimate of drug-likeness (QED) is 0.771. The van der Waals surface area contributed by atoms with Gasteiger partial charge in [-0.05, 0) is 42.5 Å². The summed E-state index contributed by atoms with van der Waals surface area (Å²) in [4.78, 5) is 0. The Hall–Kier alpha value is -1.56. The zero-order valence-corrected chi connectivity index (χ0v) is 13.2. The molecule has 0 fully saturated rings. The Labute approximate surface area is 137 Å². The number of thiocarbonyl (C=S) groups is 1. The van der Waals surface area contributed by atoms with Crippen molar-refractivity contribution in [3.8, 4) is 5.75 Å². The van der Waals surface area contributed by atoms with Gasteiger partial charge in [-0.2, -0.15) is 0 Å². The molecular weight excluding hydrogens is 334 g/mol. The minimum atomic E-state index is -0.476. The van der Waals surface area contributed by atoms with Gasteiger partial charge in [0.1, 0.15) is 0 Å². The minimum absolute atomic E-state index is 0.168. The van der Waals surface area contributed by atoms with Crippen molar-refractivity contribution in [3.63, 3.8) is 0 Å². The van der Waals surface area contributed by atoms with Gasteiger partial charge in [-0.25, -0.2) is 4.39 Å². The highest BCUT2D eigenvalue weighted by molar-refractivity contribution is 7.80. The number of hydrogen-bond acceptors (Lipinski definition) is 2. The first kappa shape index (κ1) is 15.8. The summed E-state index contributed by atoms with van der Waals surface area (Å²) in [5.41, 5.74) is 1.14. The first-order valence-electron chi connectivity index (χ1n) is 5.85. The van der Waals surface area contributed by atoms with E-state index in [0.29, 0.717) is 21.4 Å². The van der Waals surface area contributed by atoms with E-state index < -0.39 is 5.82 Å². The summed E-state index contributed by atoms with van der Waals surface area (Å²) in [6.45, 7) is 0. The first-order valence-corrected chi connectivity index (χ1v) is 7.02. The van der Waals surface area contributed by atoms with Gasteiger partial charge in [0.25, 0.3) is 0 Å². The van der Waals surface area contributed by atoms with Gasteiger partial charge in [0.15, 0.2) is 16.7 Å². The molecule has 2 rings (SSSR count). The molecule has 0 unspecified atom stereocenters. The van der Waals surface area contributed by atoms with Crippen LogP contribution in [0.5, 0.6) is 5.75 Å². The van der Waals surface area contributed by atoms with Crippen molar-refractivity contribution in [2.24, 2.45) is 0 Å². The van der Waals surface area contributed by atoms with Gasteiger partial charge < -0.3 is 15.4 Å². The first-order chi connectivity index (χ1) is 9.97. The van der Waals surface area contributed by atoms with Crippen LogP contribution < -0.4 is 15.4 Å². The maximum atomic E-state index is 13.6. The van der Waals surface area contributed by atoms with Crippen molar-refractivity contribution < 1.29 is 9.13 Å². The molecule has 0 radical (unpaired) electrons. The topological polar surface area (TPSA) is 33.3 Å². The van der Waals surface area contributed by atoms with Crippen LogP contribution in [0.3, 0.4) is 0 Å². The van der Waals surface area contributed by atoms with Crippen LogP contribution in [-0.2, 0) is 0 Å². The largest absolute Gasteiger partial charge is 0.494 e. The van der Waals surface area contributed by atoms with Crippen LogP contribution in [0, 0.1) is 5.82 Å². The van der Waals surface area contributed by atoms with Crippen LogP contribution in [0.1, 0.15) is 0 Å². The number of methoxy groups -OCH3 is 1. The second-order valence-corrected chi connectivity index (χ2v) is 5.37. The molecule has 0 saturated carbocycles. The molecule has 3 nitrogen and oxygen atoms in total. The summed E-state index contributed by atoms with van der Waals surface area (Å²) in [7, 11) is 1.40. The van der Waals surface area contributed by atoms with Gasteiger partial charge in [-0.1, -0.05) is 23.2 Å². The molecule has 0 spiro atoms. The van der Waals surface area contributed by atoms with E-state index in [2.05, 4.69) is 10.6 Å². The van der Waals surface area contributed by atoms with Crippen LogP contribution in [-0.4, -0.2) is 12.2 Å². The zero-order chi connectivity index (χ0) is 15.4. The summed E-state index contributed by atoms with van der Waals surface area (Å²) < 4.78 is 18.4. The lowest BCUT2D eigenvalue weighted by molar-refractivity contribution is 0.387. The third-order valence-corrected chi connectivity index (χ3v) is 3.17. The summed E-state index contributed by atoms with van der Waals surface area (Å²) in [6, 6.07) is 9.42. The molecule has 0 aliphatic rings. The highest BCUT2D eigenvalue weighted by Gasteiger charge is 2.05. The fraction of sp³-hybridized carbons (Fsp3) is 0.0714. The van der Waals surface area contributed by atoms with Crippen LogP contribution >= 0.6 is 35.4 Å². The van der Waals surface area contributed by atoms with E-state index in [-0.39, 0.29) is 10.9 Å². The van der Waals surface area contributed by atoms with E-state index in [0.717, 1.165) is 0 Å². The summed E-state index contributed by atoms with van der Waals surface area (Å²) in [5.74, 6) is -0.308. The third-order valence-electron chi connectivity index (χ3n) is 2.53. The highest BCUT2D eigenvalue weighted by Crippen LogP contribution is 2.23. The maximum Gasteiger partial charge on any atom is 0.175 e. The molecular formula is C14H11Cl2FN2OS. The lowest BCUT2D eigenvalue weighted by Gasteiger charge is -2.12. The molecule has 21 heavy (non-hydrogen) atoms. The van der Waals surface area contributed by atoms with Gasteiger partial charge in [0, 0.05) is 27.5 Å². The van der Waals surface area contributed by atoms with Gasteiger partial charge >= 0.3 is 0 Å². The Morgan fingerprint density at radius 1 is 1.05 bits per heavy atom. The molecule has 0 atom stereocenters. The number of nitrogens with one attached hydrogen (secondary N) is 2. The third kappa shape index (κ3) is 4.46. The second kappa shape index (κ2) is 6.93. The van der Waals surface area contributed by atoms with Crippen LogP contribution in [0.4, 0.5) is 15.8 Å². The van der Waals surface area contributed by atoms with E-state index >= 15 is 0 Å². The smallest absolute Gasteiger partial charge is 0.175 e. The molecule has 110 valence electrons. The van der Waals surface area contributed by atoms with E-state index in [1.165, 1.54) is 19.2 Å². The fourth-order valence-corrected chi connectivity index (χ4v) is 2.43. The number of rotatable bonds is 3. The highest BCUT2D eigenvalue weighted by atomic mass is 35.5. The van der Waals surface area contributed by atoms with Crippen molar-refractivity contribution in [2.75, 3.05) is 17.7 Å². The lowest BCUT2D eigenvalue weighted by atomic mass is 10.3. The molecule has 2 aromatic carbocycles. The van der Waals surface area contributed by atoms with Crippen LogP contribution in [0.25, 0.3) is 0 Å². The van der Waals surface area contributed by atoms with Gasteiger partial charge in [-0.15, -0.1) is 0 Å². The standard InChI is InChI=1S/C14H11Cl2FN2OS/c1-20-13-3-2-10(7-12(13)17)18-14(21)19-11-5-8(15)4-9(16)6-11/h2-7H,1H3,(H2,18,19,21). The average molecular weight is 345 g/mol. The Morgan fingerprint density at radius 2 is 1.67 bits per heavy atom. The molecule has 2 aromatic rings. The maximum absolute atomic E-state index is 13.6. The average Bonchev–Trinajstić information content (AvgIpc) is 2.37. The van der Waals surface area contributed by atoms with Crippen LogP contribution in [0.2, 0.25) is 10.0 Å². The predicted octanol–water partition coefficient (Wildman–Crippen LogP) is 4.95. The molecule has 2 N–H and O–H groups in total. The second-order valence-electron chi connectivity index (χ2n) is 4.09. The summed E-state index contributed by atoms with van der Waals surface area (Å²) in [6.07, 6.45) is 0. The number of halogens is 3. The number of ether oxygens (including phenoxy) is 1. The molecule has 0 aliphatic carbocycles.